The number of anilines is 1. The number of hydrogen-bond donors (Lipinski definition) is 1. The molecule has 0 aromatic heterocycles. The highest BCUT2D eigenvalue weighted by molar-refractivity contribution is 6.30. The number of methoxy groups -OCH3 is 1. The second-order valence-corrected chi connectivity index (χ2v) is 5.61. The first-order valence-electron chi connectivity index (χ1n) is 7.52. The van der Waals surface area contributed by atoms with E-state index in [1.807, 2.05) is 55.5 Å². The van der Waals surface area contributed by atoms with Crippen LogP contribution in [0.3, 0.4) is 0 Å². The van der Waals surface area contributed by atoms with Crippen LogP contribution >= 0.6 is 11.6 Å². The molecule has 1 amide bonds. The fourth-order valence-electron chi connectivity index (χ4n) is 2.27. The van der Waals surface area contributed by atoms with E-state index in [1.54, 1.807) is 7.11 Å². The van der Waals surface area contributed by atoms with Crippen molar-refractivity contribution in [1.29, 1.82) is 0 Å². The second kappa shape index (κ2) is 8.56. The number of carbonyl (C=O) groups is 1. The third-order valence-corrected chi connectivity index (χ3v) is 3.77. The molecule has 1 N–H and O–H groups in total. The van der Waals surface area contributed by atoms with Crippen molar-refractivity contribution in [3.8, 4) is 5.75 Å². The number of likely N-dealkylation sites (N-methyl/N-ethyl adjacent to an activating group) is 1. The molecule has 0 aliphatic rings. The van der Waals surface area contributed by atoms with E-state index in [9.17, 15) is 4.79 Å². The topological polar surface area (TPSA) is 41.6 Å². The molecule has 0 spiro atoms. The molecule has 0 bridgehead atoms. The lowest BCUT2D eigenvalue weighted by Gasteiger charge is -2.20. The lowest BCUT2D eigenvalue weighted by molar-refractivity contribution is -0.117. The van der Waals surface area contributed by atoms with Crippen molar-refractivity contribution in [2.45, 2.75) is 13.5 Å². The minimum Gasteiger partial charge on any atom is -0.495 e. The van der Waals surface area contributed by atoms with Crippen LogP contribution in [-0.2, 0) is 11.3 Å². The molecule has 0 saturated heterocycles. The Morgan fingerprint density at radius 2 is 1.87 bits per heavy atom. The van der Waals surface area contributed by atoms with Crippen molar-refractivity contribution in [3.63, 3.8) is 0 Å². The molecule has 0 atom stereocenters. The fraction of sp³-hybridized carbons (Fsp3) is 0.278. The van der Waals surface area contributed by atoms with Crippen LogP contribution in [0.5, 0.6) is 5.75 Å². The highest BCUT2D eigenvalue weighted by Crippen LogP contribution is 2.22. The van der Waals surface area contributed by atoms with Gasteiger partial charge in [0.25, 0.3) is 0 Å². The van der Waals surface area contributed by atoms with Gasteiger partial charge in [-0.1, -0.05) is 42.8 Å². The van der Waals surface area contributed by atoms with Gasteiger partial charge < -0.3 is 10.1 Å². The van der Waals surface area contributed by atoms with Crippen LogP contribution in [0, 0.1) is 0 Å². The molecule has 0 aliphatic heterocycles. The molecular formula is C18H21ClN2O2. The third kappa shape index (κ3) is 5.27. The largest absolute Gasteiger partial charge is 0.495 e. The average molecular weight is 333 g/mol. The van der Waals surface area contributed by atoms with E-state index >= 15 is 0 Å². The van der Waals surface area contributed by atoms with Crippen LogP contribution in [-0.4, -0.2) is 31.0 Å². The minimum absolute atomic E-state index is 0.0645. The van der Waals surface area contributed by atoms with E-state index < -0.39 is 0 Å². The summed E-state index contributed by atoms with van der Waals surface area (Å²) < 4.78 is 5.24. The number of halogens is 1. The summed E-state index contributed by atoms with van der Waals surface area (Å²) >= 11 is 5.90. The van der Waals surface area contributed by atoms with Gasteiger partial charge in [-0.2, -0.15) is 0 Å². The van der Waals surface area contributed by atoms with Gasteiger partial charge in [-0.25, -0.2) is 0 Å². The van der Waals surface area contributed by atoms with Gasteiger partial charge in [0.1, 0.15) is 5.75 Å². The zero-order valence-electron chi connectivity index (χ0n) is 13.4. The summed E-state index contributed by atoms with van der Waals surface area (Å²) in [6, 6.07) is 15.1. The number of nitrogens with one attached hydrogen (secondary N) is 1. The summed E-state index contributed by atoms with van der Waals surface area (Å²) in [5.74, 6) is 0.590. The molecule has 0 unspecified atom stereocenters. The summed E-state index contributed by atoms with van der Waals surface area (Å²) in [5, 5.41) is 3.61. The van der Waals surface area contributed by atoms with Crippen molar-refractivity contribution in [1.82, 2.24) is 4.90 Å². The van der Waals surface area contributed by atoms with Crippen molar-refractivity contribution < 1.29 is 9.53 Å². The molecule has 5 heteroatoms. The molecule has 2 rings (SSSR count). The van der Waals surface area contributed by atoms with Gasteiger partial charge in [0.05, 0.1) is 19.3 Å². The van der Waals surface area contributed by atoms with E-state index in [-0.39, 0.29) is 5.91 Å². The summed E-state index contributed by atoms with van der Waals surface area (Å²) in [5.41, 5.74) is 1.81. The predicted molar refractivity (Wildman–Crippen MR) is 94.0 cm³/mol. The van der Waals surface area contributed by atoms with Crippen molar-refractivity contribution in [2.24, 2.45) is 0 Å². The van der Waals surface area contributed by atoms with Crippen molar-refractivity contribution in [3.05, 3.63) is 59.1 Å². The van der Waals surface area contributed by atoms with Crippen molar-refractivity contribution >= 4 is 23.2 Å². The number of carbonyl (C=O) groups excluding carboxylic acids is 1. The number of rotatable bonds is 7. The van der Waals surface area contributed by atoms with Gasteiger partial charge in [0.2, 0.25) is 5.91 Å². The Kier molecular flexibility index (Phi) is 6.44. The van der Waals surface area contributed by atoms with E-state index in [0.717, 1.165) is 12.1 Å². The molecule has 2 aromatic carbocycles. The molecule has 4 nitrogen and oxygen atoms in total. The number of amides is 1. The molecule has 2 aromatic rings. The maximum absolute atomic E-state index is 12.3. The number of nitrogens with zero attached hydrogens (tertiary/aromatic N) is 1. The molecule has 0 saturated carbocycles. The van der Waals surface area contributed by atoms with Crippen LogP contribution in [0.1, 0.15) is 12.5 Å². The SMILES string of the molecule is CCN(CC(=O)Nc1ccccc1OC)Cc1ccc(Cl)cc1. The van der Waals surface area contributed by atoms with E-state index in [0.29, 0.717) is 29.5 Å². The first-order chi connectivity index (χ1) is 11.1. The highest BCUT2D eigenvalue weighted by Gasteiger charge is 2.12. The van der Waals surface area contributed by atoms with Crippen LogP contribution in [0.15, 0.2) is 48.5 Å². The normalized spacial score (nSPS) is 10.6. The molecular weight excluding hydrogens is 312 g/mol. The minimum atomic E-state index is -0.0645. The first-order valence-corrected chi connectivity index (χ1v) is 7.90. The third-order valence-electron chi connectivity index (χ3n) is 3.51. The summed E-state index contributed by atoms with van der Waals surface area (Å²) in [7, 11) is 1.59. The zero-order valence-corrected chi connectivity index (χ0v) is 14.1. The quantitative estimate of drug-likeness (QED) is 0.838. The van der Waals surface area contributed by atoms with Gasteiger partial charge >= 0.3 is 0 Å². The molecule has 0 heterocycles. The summed E-state index contributed by atoms with van der Waals surface area (Å²) in [6.45, 7) is 3.83. The number of para-hydroxylation sites is 2. The number of ether oxygens (including phenoxy) is 1. The van der Waals surface area contributed by atoms with E-state index in [1.165, 1.54) is 0 Å². The van der Waals surface area contributed by atoms with Gasteiger partial charge in [0, 0.05) is 11.6 Å². The fourth-order valence-corrected chi connectivity index (χ4v) is 2.39. The standard InChI is InChI=1S/C18H21ClN2O2/c1-3-21(12-14-8-10-15(19)11-9-14)13-18(22)20-16-6-4-5-7-17(16)23-2/h4-11H,3,12-13H2,1-2H3,(H,20,22). The van der Waals surface area contributed by atoms with Gasteiger partial charge in [-0.3, -0.25) is 9.69 Å². The molecule has 0 fully saturated rings. The summed E-state index contributed by atoms with van der Waals surface area (Å²) in [4.78, 5) is 14.3. The average Bonchev–Trinajstić information content (AvgIpc) is 2.56. The predicted octanol–water partition coefficient (Wildman–Crippen LogP) is 3.81. The van der Waals surface area contributed by atoms with Crippen molar-refractivity contribution in [2.75, 3.05) is 25.5 Å². The van der Waals surface area contributed by atoms with Gasteiger partial charge in [0.15, 0.2) is 0 Å². The number of benzene rings is 2. The van der Waals surface area contributed by atoms with Gasteiger partial charge in [-0.05, 0) is 36.4 Å². The monoisotopic (exact) mass is 332 g/mol. The van der Waals surface area contributed by atoms with Crippen LogP contribution < -0.4 is 10.1 Å². The lowest BCUT2D eigenvalue weighted by atomic mass is 10.2. The Labute approximate surface area is 142 Å². The highest BCUT2D eigenvalue weighted by atomic mass is 35.5. The molecule has 0 aliphatic carbocycles. The van der Waals surface area contributed by atoms with Crippen LogP contribution in [0.2, 0.25) is 5.02 Å². The summed E-state index contributed by atoms with van der Waals surface area (Å²) in [6.07, 6.45) is 0. The molecule has 23 heavy (non-hydrogen) atoms. The first kappa shape index (κ1) is 17.3. The Morgan fingerprint density at radius 3 is 2.52 bits per heavy atom. The van der Waals surface area contributed by atoms with Crippen LogP contribution in [0.4, 0.5) is 5.69 Å². The number of hydrogen-bond acceptors (Lipinski definition) is 3. The Bertz CT molecular complexity index is 644. The second-order valence-electron chi connectivity index (χ2n) is 5.18. The maximum atomic E-state index is 12.3. The van der Waals surface area contributed by atoms with E-state index in [2.05, 4.69) is 10.2 Å². The smallest absolute Gasteiger partial charge is 0.238 e. The van der Waals surface area contributed by atoms with E-state index in [4.69, 9.17) is 16.3 Å². The lowest BCUT2D eigenvalue weighted by Crippen LogP contribution is -2.32. The Balaban J connectivity index is 1.95. The maximum Gasteiger partial charge on any atom is 0.238 e. The Hall–Kier alpha value is -2.04. The van der Waals surface area contributed by atoms with Crippen LogP contribution in [0.25, 0.3) is 0 Å². The Morgan fingerprint density at radius 1 is 1.17 bits per heavy atom. The van der Waals surface area contributed by atoms with Gasteiger partial charge in [-0.15, -0.1) is 0 Å². The molecule has 122 valence electrons. The molecule has 0 radical (unpaired) electrons. The zero-order chi connectivity index (χ0) is 16.7.